The number of rotatable bonds is 6. The largest absolute Gasteiger partial charge is 0.493 e. The number of carbonyl (C=O) groups excluding carboxylic acids is 1. The topological polar surface area (TPSA) is 94.9 Å². The highest BCUT2D eigenvalue weighted by Gasteiger charge is 2.18. The Morgan fingerprint density at radius 3 is 2.35 bits per heavy atom. The molecule has 0 aliphatic heterocycles. The lowest BCUT2D eigenvalue weighted by Gasteiger charge is -2.15. The third kappa shape index (κ3) is 4.75. The van der Waals surface area contributed by atoms with E-state index in [4.69, 9.17) is 42.4 Å². The number of halogens is 1. The number of oxazole rings is 1. The smallest absolute Gasteiger partial charge is 0.257 e. The number of hydrogen-bond donors (Lipinski definition) is 2. The van der Waals surface area contributed by atoms with Crippen molar-refractivity contribution < 1.29 is 23.4 Å². The molecule has 4 aromatic rings. The van der Waals surface area contributed by atoms with Crippen LogP contribution in [0.15, 0.2) is 59.0 Å². The maximum absolute atomic E-state index is 12.8. The first kappa shape index (κ1) is 23.3. The minimum absolute atomic E-state index is 0.0513. The monoisotopic (exact) mass is 497 g/mol. The van der Waals surface area contributed by atoms with Crippen LogP contribution in [0.1, 0.15) is 10.4 Å². The SMILES string of the molecule is COc1cc(C(=O)NC(=S)Nc2cc(-c3nc4ccccc4o3)ccc2Cl)cc(OC)c1OC. The van der Waals surface area contributed by atoms with Gasteiger partial charge in [-0.1, -0.05) is 23.7 Å². The van der Waals surface area contributed by atoms with E-state index < -0.39 is 5.91 Å². The molecule has 10 heteroatoms. The maximum Gasteiger partial charge on any atom is 0.257 e. The van der Waals surface area contributed by atoms with Gasteiger partial charge < -0.3 is 23.9 Å². The van der Waals surface area contributed by atoms with Crippen LogP contribution in [0.4, 0.5) is 5.69 Å². The molecule has 0 atom stereocenters. The first-order valence-electron chi connectivity index (χ1n) is 10.0. The van der Waals surface area contributed by atoms with Gasteiger partial charge in [0.25, 0.3) is 5.91 Å². The zero-order valence-electron chi connectivity index (χ0n) is 18.5. The van der Waals surface area contributed by atoms with E-state index in [0.29, 0.717) is 45.0 Å². The molecule has 0 saturated heterocycles. The number of fused-ring (bicyclic) bond motifs is 1. The lowest BCUT2D eigenvalue weighted by Crippen LogP contribution is -2.34. The number of methoxy groups -OCH3 is 3. The number of nitrogens with zero attached hydrogens (tertiary/aromatic N) is 1. The molecular weight excluding hydrogens is 478 g/mol. The fourth-order valence-electron chi connectivity index (χ4n) is 3.29. The molecule has 34 heavy (non-hydrogen) atoms. The molecule has 1 amide bonds. The Morgan fingerprint density at radius 2 is 1.71 bits per heavy atom. The standard InChI is InChI=1S/C24H20ClN3O5S/c1-30-19-11-14(12-20(31-2)21(19)32-3)22(29)28-24(34)27-17-10-13(8-9-15(17)25)23-26-16-6-4-5-7-18(16)33-23/h4-12H,1-3H3,(H2,27,28,29,34). The Morgan fingerprint density at radius 1 is 1.00 bits per heavy atom. The van der Waals surface area contributed by atoms with Crippen molar-refractivity contribution in [3.63, 3.8) is 0 Å². The summed E-state index contributed by atoms with van der Waals surface area (Å²) in [5.74, 6) is 1.04. The molecule has 0 aliphatic carbocycles. The molecule has 4 rings (SSSR count). The third-order valence-corrected chi connectivity index (χ3v) is 5.44. The van der Waals surface area contributed by atoms with E-state index in [1.807, 2.05) is 24.3 Å². The normalized spacial score (nSPS) is 10.6. The molecule has 1 heterocycles. The number of carbonyl (C=O) groups is 1. The van der Waals surface area contributed by atoms with Gasteiger partial charge in [0.2, 0.25) is 11.6 Å². The fourth-order valence-corrected chi connectivity index (χ4v) is 3.66. The van der Waals surface area contributed by atoms with Crippen molar-refractivity contribution in [2.24, 2.45) is 0 Å². The summed E-state index contributed by atoms with van der Waals surface area (Å²) in [6, 6.07) is 15.7. The molecule has 0 bridgehead atoms. The number of para-hydroxylation sites is 2. The Labute approximate surface area is 205 Å². The zero-order chi connectivity index (χ0) is 24.2. The lowest BCUT2D eigenvalue weighted by atomic mass is 10.1. The number of aromatic nitrogens is 1. The average molecular weight is 498 g/mol. The van der Waals surface area contributed by atoms with Crippen LogP contribution < -0.4 is 24.8 Å². The number of ether oxygens (including phenoxy) is 3. The number of thiocarbonyl (C=S) groups is 1. The van der Waals surface area contributed by atoms with Crippen LogP contribution in [0.3, 0.4) is 0 Å². The zero-order valence-corrected chi connectivity index (χ0v) is 20.0. The second-order valence-electron chi connectivity index (χ2n) is 7.00. The van der Waals surface area contributed by atoms with E-state index in [2.05, 4.69) is 15.6 Å². The van der Waals surface area contributed by atoms with Gasteiger partial charge in [-0.25, -0.2) is 4.98 Å². The van der Waals surface area contributed by atoms with E-state index in [-0.39, 0.29) is 10.7 Å². The van der Waals surface area contributed by atoms with Crippen LogP contribution in [0.2, 0.25) is 5.02 Å². The van der Waals surface area contributed by atoms with Crippen LogP contribution in [0.5, 0.6) is 17.2 Å². The molecule has 1 aromatic heterocycles. The molecule has 0 saturated carbocycles. The summed E-state index contributed by atoms with van der Waals surface area (Å²) in [7, 11) is 4.42. The van der Waals surface area contributed by atoms with Gasteiger partial charge in [-0.15, -0.1) is 0 Å². The van der Waals surface area contributed by atoms with Crippen LogP contribution in [0, 0.1) is 0 Å². The minimum Gasteiger partial charge on any atom is -0.493 e. The summed E-state index contributed by atoms with van der Waals surface area (Å²) < 4.78 is 21.7. The van der Waals surface area contributed by atoms with E-state index in [0.717, 1.165) is 5.52 Å². The van der Waals surface area contributed by atoms with Crippen LogP contribution in [-0.4, -0.2) is 37.3 Å². The van der Waals surface area contributed by atoms with Gasteiger partial charge >= 0.3 is 0 Å². The van der Waals surface area contributed by atoms with Gasteiger partial charge in [0, 0.05) is 11.1 Å². The highest BCUT2D eigenvalue weighted by atomic mass is 35.5. The summed E-state index contributed by atoms with van der Waals surface area (Å²) >= 11 is 11.7. The number of nitrogens with one attached hydrogen (secondary N) is 2. The van der Waals surface area contributed by atoms with Crippen molar-refractivity contribution in [3.05, 3.63) is 65.2 Å². The molecule has 2 N–H and O–H groups in total. The first-order valence-corrected chi connectivity index (χ1v) is 10.8. The summed E-state index contributed by atoms with van der Waals surface area (Å²) in [6.07, 6.45) is 0. The van der Waals surface area contributed by atoms with Crippen molar-refractivity contribution in [1.82, 2.24) is 10.3 Å². The molecule has 174 valence electrons. The van der Waals surface area contributed by atoms with Gasteiger partial charge in [-0.05, 0) is 54.7 Å². The molecule has 0 unspecified atom stereocenters. The Hall–Kier alpha value is -3.82. The van der Waals surface area contributed by atoms with Crippen LogP contribution in [0.25, 0.3) is 22.6 Å². The van der Waals surface area contributed by atoms with Gasteiger partial charge in [-0.3, -0.25) is 10.1 Å². The molecular formula is C24H20ClN3O5S. The third-order valence-electron chi connectivity index (χ3n) is 4.91. The second kappa shape index (κ2) is 9.98. The molecule has 3 aromatic carbocycles. The quantitative estimate of drug-likeness (QED) is 0.346. The fraction of sp³-hybridized carbons (Fsp3) is 0.125. The van der Waals surface area contributed by atoms with Crippen LogP contribution in [-0.2, 0) is 0 Å². The van der Waals surface area contributed by atoms with Gasteiger partial charge in [0.15, 0.2) is 22.2 Å². The van der Waals surface area contributed by atoms with Crippen molar-refractivity contribution in [3.8, 4) is 28.7 Å². The van der Waals surface area contributed by atoms with Gasteiger partial charge in [-0.2, -0.15) is 0 Å². The summed E-state index contributed by atoms with van der Waals surface area (Å²) in [4.78, 5) is 17.3. The number of benzene rings is 3. The summed E-state index contributed by atoms with van der Waals surface area (Å²) in [6.45, 7) is 0. The van der Waals surface area contributed by atoms with Crippen molar-refractivity contribution >= 4 is 51.6 Å². The molecule has 0 radical (unpaired) electrons. The van der Waals surface area contributed by atoms with E-state index in [1.165, 1.54) is 33.5 Å². The number of amides is 1. The Kier molecular flexibility index (Phi) is 6.85. The van der Waals surface area contributed by atoms with E-state index in [1.54, 1.807) is 18.2 Å². The Balaban J connectivity index is 1.53. The van der Waals surface area contributed by atoms with Gasteiger partial charge in [0.1, 0.15) is 5.52 Å². The predicted octanol–water partition coefficient (Wildman–Crippen LogP) is 5.30. The van der Waals surface area contributed by atoms with E-state index >= 15 is 0 Å². The average Bonchev–Trinajstić information content (AvgIpc) is 3.28. The van der Waals surface area contributed by atoms with Gasteiger partial charge in [0.05, 0.1) is 32.0 Å². The van der Waals surface area contributed by atoms with E-state index in [9.17, 15) is 4.79 Å². The molecule has 0 fully saturated rings. The van der Waals surface area contributed by atoms with Crippen molar-refractivity contribution in [2.75, 3.05) is 26.6 Å². The number of hydrogen-bond acceptors (Lipinski definition) is 7. The first-order chi connectivity index (χ1) is 16.4. The predicted molar refractivity (Wildman–Crippen MR) is 134 cm³/mol. The lowest BCUT2D eigenvalue weighted by molar-refractivity contribution is 0.0977. The summed E-state index contributed by atoms with van der Waals surface area (Å²) in [5, 5.41) is 6.03. The minimum atomic E-state index is -0.469. The van der Waals surface area contributed by atoms with Crippen molar-refractivity contribution in [2.45, 2.75) is 0 Å². The number of anilines is 1. The van der Waals surface area contributed by atoms with Crippen LogP contribution >= 0.6 is 23.8 Å². The highest BCUT2D eigenvalue weighted by molar-refractivity contribution is 7.80. The molecule has 8 nitrogen and oxygen atoms in total. The highest BCUT2D eigenvalue weighted by Crippen LogP contribution is 2.38. The molecule has 0 aliphatic rings. The molecule has 0 spiro atoms. The summed E-state index contributed by atoms with van der Waals surface area (Å²) in [5.41, 5.74) is 2.87. The maximum atomic E-state index is 12.8. The van der Waals surface area contributed by atoms with Crippen molar-refractivity contribution in [1.29, 1.82) is 0 Å². The Bertz CT molecular complexity index is 1330. The second-order valence-corrected chi connectivity index (χ2v) is 7.82.